The first kappa shape index (κ1) is 19.7. The van der Waals surface area contributed by atoms with Crippen LogP contribution in [0.15, 0.2) is 23.2 Å². The van der Waals surface area contributed by atoms with E-state index in [4.69, 9.17) is 21.3 Å². The number of rotatable bonds is 6. The summed E-state index contributed by atoms with van der Waals surface area (Å²) in [5, 5.41) is 6.80. The Bertz CT molecular complexity index is 886. The first-order chi connectivity index (χ1) is 14.2. The molecule has 1 aromatic carbocycles. The second-order valence-electron chi connectivity index (χ2n) is 8.37. The number of nitrogens with one attached hydrogen (secondary N) is 2. The summed E-state index contributed by atoms with van der Waals surface area (Å²) in [6.45, 7) is 4.95. The maximum absolute atomic E-state index is 6.41. The van der Waals surface area contributed by atoms with E-state index in [1.807, 2.05) is 17.8 Å². The van der Waals surface area contributed by atoms with E-state index in [-0.39, 0.29) is 0 Å². The molecule has 3 heterocycles. The van der Waals surface area contributed by atoms with Crippen molar-refractivity contribution in [1.82, 2.24) is 9.88 Å². The third kappa shape index (κ3) is 4.61. The van der Waals surface area contributed by atoms with Crippen LogP contribution < -0.4 is 5.32 Å². The maximum Gasteiger partial charge on any atom is 0.114 e. The highest BCUT2D eigenvalue weighted by molar-refractivity contribution is 8.14. The fourth-order valence-electron chi connectivity index (χ4n) is 4.59. The van der Waals surface area contributed by atoms with Crippen LogP contribution in [0.2, 0.25) is 5.02 Å². The van der Waals surface area contributed by atoms with Gasteiger partial charge in [-0.3, -0.25) is 9.89 Å². The molecule has 156 valence electrons. The van der Waals surface area contributed by atoms with E-state index in [1.165, 1.54) is 25.7 Å². The number of thioether (sulfide) groups is 1. The van der Waals surface area contributed by atoms with Crippen LogP contribution in [-0.4, -0.2) is 65.6 Å². The van der Waals surface area contributed by atoms with Gasteiger partial charge in [-0.25, -0.2) is 0 Å². The molecular formula is C22H29ClN4OS. The van der Waals surface area contributed by atoms with Crippen molar-refractivity contribution in [2.45, 2.75) is 44.2 Å². The van der Waals surface area contributed by atoms with Crippen LogP contribution in [0.1, 0.15) is 37.8 Å². The molecule has 7 heteroatoms. The topological polar surface area (TPSA) is 52.7 Å². The summed E-state index contributed by atoms with van der Waals surface area (Å²) in [6.07, 6.45) is 6.24. The van der Waals surface area contributed by atoms with Gasteiger partial charge in [0.2, 0.25) is 0 Å². The number of aliphatic imine (C=N–C) groups is 1. The first-order valence-corrected chi connectivity index (χ1v) is 12.2. The van der Waals surface area contributed by atoms with Crippen molar-refractivity contribution in [1.29, 1.82) is 0 Å². The molecule has 1 saturated carbocycles. The van der Waals surface area contributed by atoms with Gasteiger partial charge in [0, 0.05) is 41.8 Å². The fraction of sp³-hybridized carbons (Fsp3) is 0.591. The molecule has 1 aromatic heterocycles. The lowest BCUT2D eigenvalue weighted by Gasteiger charge is -2.26. The summed E-state index contributed by atoms with van der Waals surface area (Å²) in [4.78, 5) is 11.2. The third-order valence-electron chi connectivity index (χ3n) is 6.23. The smallest absolute Gasteiger partial charge is 0.114 e. The lowest BCUT2D eigenvalue weighted by molar-refractivity contribution is 0.0369. The quantitative estimate of drug-likeness (QED) is 0.690. The van der Waals surface area contributed by atoms with Crippen LogP contribution in [-0.2, 0) is 4.74 Å². The monoisotopic (exact) mass is 432 g/mol. The number of hydrogen-bond acceptors (Lipinski definition) is 5. The van der Waals surface area contributed by atoms with Crippen LogP contribution in [0.5, 0.6) is 0 Å². The van der Waals surface area contributed by atoms with Crippen LogP contribution in [0, 0.1) is 0 Å². The van der Waals surface area contributed by atoms with Gasteiger partial charge in [0.1, 0.15) is 5.04 Å². The Morgan fingerprint density at radius 2 is 2.03 bits per heavy atom. The highest BCUT2D eigenvalue weighted by Gasteiger charge is 2.23. The summed E-state index contributed by atoms with van der Waals surface area (Å²) in [5.41, 5.74) is 3.39. The molecule has 3 aliphatic rings. The van der Waals surface area contributed by atoms with Gasteiger partial charge >= 0.3 is 0 Å². The number of hydrogen-bond donors (Lipinski definition) is 2. The normalized spacial score (nSPS) is 23.8. The fourth-order valence-corrected chi connectivity index (χ4v) is 5.90. The van der Waals surface area contributed by atoms with Crippen molar-refractivity contribution < 1.29 is 4.74 Å². The molecule has 0 radical (unpaired) electrons. The third-order valence-corrected chi connectivity index (χ3v) is 7.60. The van der Waals surface area contributed by atoms with Gasteiger partial charge in [0.25, 0.3) is 0 Å². The minimum absolute atomic E-state index is 0.406. The minimum atomic E-state index is 0.406. The van der Waals surface area contributed by atoms with Gasteiger partial charge in [-0.2, -0.15) is 0 Å². The first-order valence-electron chi connectivity index (χ1n) is 10.8. The Kier molecular flexibility index (Phi) is 6.04. The zero-order chi connectivity index (χ0) is 19.6. The van der Waals surface area contributed by atoms with E-state index >= 15 is 0 Å². The van der Waals surface area contributed by atoms with Crippen molar-refractivity contribution in [2.75, 3.05) is 43.9 Å². The average Bonchev–Trinajstić information content (AvgIpc) is 3.47. The molecule has 5 rings (SSSR count). The number of benzene rings is 1. The highest BCUT2D eigenvalue weighted by Crippen LogP contribution is 2.33. The van der Waals surface area contributed by atoms with Crippen LogP contribution >= 0.6 is 23.4 Å². The maximum atomic E-state index is 6.41. The molecule has 2 N–H and O–H groups in total. The molecule has 2 aromatic rings. The van der Waals surface area contributed by atoms with Crippen molar-refractivity contribution in [3.8, 4) is 0 Å². The van der Waals surface area contributed by atoms with Gasteiger partial charge in [0.15, 0.2) is 0 Å². The van der Waals surface area contributed by atoms with E-state index < -0.39 is 0 Å². The van der Waals surface area contributed by atoms with Gasteiger partial charge in [-0.1, -0.05) is 24.4 Å². The molecule has 2 fully saturated rings. The molecule has 2 aliphatic heterocycles. The Morgan fingerprint density at radius 3 is 2.86 bits per heavy atom. The van der Waals surface area contributed by atoms with Crippen LogP contribution in [0.3, 0.4) is 0 Å². The molecule has 1 atom stereocenters. The van der Waals surface area contributed by atoms with Gasteiger partial charge < -0.3 is 15.0 Å². The second-order valence-corrected chi connectivity index (χ2v) is 9.81. The molecule has 29 heavy (non-hydrogen) atoms. The largest absolute Gasteiger partial charge is 0.381 e. The molecule has 0 amide bonds. The van der Waals surface area contributed by atoms with Crippen molar-refractivity contribution in [3.05, 3.63) is 28.9 Å². The van der Waals surface area contributed by atoms with Crippen molar-refractivity contribution in [2.24, 2.45) is 4.99 Å². The van der Waals surface area contributed by atoms with E-state index in [0.29, 0.717) is 12.1 Å². The van der Waals surface area contributed by atoms with E-state index in [0.717, 1.165) is 77.4 Å². The predicted molar refractivity (Wildman–Crippen MR) is 124 cm³/mol. The summed E-state index contributed by atoms with van der Waals surface area (Å²) in [7, 11) is 0. The Morgan fingerprint density at radius 1 is 1.21 bits per heavy atom. The van der Waals surface area contributed by atoms with Crippen molar-refractivity contribution >= 4 is 45.0 Å². The van der Waals surface area contributed by atoms with E-state index in [2.05, 4.69) is 27.3 Å². The number of ether oxygens (including phenoxy) is 1. The van der Waals surface area contributed by atoms with Crippen LogP contribution in [0.4, 0.5) is 5.69 Å². The molecule has 1 aliphatic carbocycles. The number of fused-ring (bicyclic) bond motifs is 1. The Labute approximate surface area is 181 Å². The molecular weight excluding hydrogens is 404 g/mol. The van der Waals surface area contributed by atoms with Gasteiger partial charge in [0.05, 0.1) is 36.2 Å². The number of aromatic nitrogens is 1. The van der Waals surface area contributed by atoms with Crippen molar-refractivity contribution in [3.63, 3.8) is 0 Å². The number of halogens is 1. The lowest BCUT2D eigenvalue weighted by atomic mass is 10.2. The summed E-state index contributed by atoms with van der Waals surface area (Å²) >= 11 is 8.28. The molecule has 0 unspecified atom stereocenters. The molecule has 0 bridgehead atoms. The summed E-state index contributed by atoms with van der Waals surface area (Å²) in [6, 6.07) is 7.27. The van der Waals surface area contributed by atoms with Gasteiger partial charge in [-0.05, 0) is 37.5 Å². The Balaban J connectivity index is 1.30. The Hall–Kier alpha value is -1.21. The minimum Gasteiger partial charge on any atom is -0.381 e. The zero-order valence-corrected chi connectivity index (χ0v) is 18.3. The molecule has 0 spiro atoms. The van der Waals surface area contributed by atoms with Gasteiger partial charge in [-0.15, -0.1) is 11.8 Å². The SMILES string of the molecule is Clc1cc(NC2CCCC2)c2[nH]c(C3=N[C@@H](CCN4CCOCC4)CS3)cc2c1. The summed E-state index contributed by atoms with van der Waals surface area (Å²) < 4.78 is 5.44. The molecule has 1 saturated heterocycles. The summed E-state index contributed by atoms with van der Waals surface area (Å²) in [5.74, 6) is 1.07. The second kappa shape index (κ2) is 8.88. The predicted octanol–water partition coefficient (Wildman–Crippen LogP) is 4.76. The van der Waals surface area contributed by atoms with E-state index in [9.17, 15) is 0 Å². The number of H-pyrrole nitrogens is 1. The highest BCUT2D eigenvalue weighted by atomic mass is 35.5. The standard InChI is InChI=1S/C22H29ClN4OS/c23-16-11-15-12-20(26-21(15)19(13-16)24-17-3-1-2-4-17)22-25-18(14-29-22)5-6-27-7-9-28-10-8-27/h11-13,17-18,24,26H,1-10,14H2/t18-/m0/s1. The molecule has 5 nitrogen and oxygen atoms in total. The number of anilines is 1. The lowest BCUT2D eigenvalue weighted by Crippen LogP contribution is -2.37. The number of nitrogens with zero attached hydrogens (tertiary/aromatic N) is 2. The zero-order valence-electron chi connectivity index (χ0n) is 16.8. The number of morpholine rings is 1. The van der Waals surface area contributed by atoms with Crippen LogP contribution in [0.25, 0.3) is 10.9 Å². The number of aromatic amines is 1. The average molecular weight is 433 g/mol. The van der Waals surface area contributed by atoms with E-state index in [1.54, 1.807) is 0 Å².